The summed E-state index contributed by atoms with van der Waals surface area (Å²) in [5.41, 5.74) is 4.48. The van der Waals surface area contributed by atoms with Gasteiger partial charge in [-0.1, -0.05) is 54.6 Å². The van der Waals surface area contributed by atoms with Gasteiger partial charge in [-0.3, -0.25) is 4.79 Å². The number of benzene rings is 3. The number of nitrogens with one attached hydrogen (secondary N) is 1. The highest BCUT2D eigenvalue weighted by atomic mass is 16.5. The second-order valence-corrected chi connectivity index (χ2v) is 7.61. The molecule has 0 atom stereocenters. The third-order valence-electron chi connectivity index (χ3n) is 5.23. The zero-order valence-electron chi connectivity index (χ0n) is 17.8. The van der Waals surface area contributed by atoms with Crippen molar-refractivity contribution in [3.8, 4) is 5.75 Å². The van der Waals surface area contributed by atoms with E-state index in [-0.39, 0.29) is 12.5 Å². The van der Waals surface area contributed by atoms with E-state index in [1.54, 1.807) is 0 Å². The summed E-state index contributed by atoms with van der Waals surface area (Å²) in [5.74, 6) is 1.62. The number of ether oxygens (including phenoxy) is 1. The summed E-state index contributed by atoms with van der Waals surface area (Å²) < 4.78 is 7.80. The Morgan fingerprint density at radius 3 is 2.61 bits per heavy atom. The van der Waals surface area contributed by atoms with Gasteiger partial charge in [0.15, 0.2) is 6.61 Å². The standard InChI is InChI=1S/C26H27N3O2/c1-20-8-7-11-22(18-20)31-19-26(30)27-16-17-29-24-13-6-5-12-23(24)28-25(29)15-14-21-9-3-2-4-10-21/h2-13,18H,14-17,19H2,1H3,(H,27,30). The molecule has 0 unspecified atom stereocenters. The topological polar surface area (TPSA) is 56.1 Å². The molecule has 0 aliphatic heterocycles. The van der Waals surface area contributed by atoms with Crippen molar-refractivity contribution in [2.24, 2.45) is 0 Å². The molecule has 1 amide bonds. The van der Waals surface area contributed by atoms with Gasteiger partial charge < -0.3 is 14.6 Å². The molecule has 5 nitrogen and oxygen atoms in total. The minimum absolute atomic E-state index is 0.00892. The van der Waals surface area contributed by atoms with E-state index in [2.05, 4.69) is 40.2 Å². The number of imidazole rings is 1. The molecule has 31 heavy (non-hydrogen) atoms. The Bertz CT molecular complexity index is 1150. The Balaban J connectivity index is 1.36. The third-order valence-corrected chi connectivity index (χ3v) is 5.23. The van der Waals surface area contributed by atoms with Gasteiger partial charge in [-0.05, 0) is 48.7 Å². The Morgan fingerprint density at radius 1 is 0.968 bits per heavy atom. The molecule has 4 aromatic rings. The number of nitrogens with zero attached hydrogens (tertiary/aromatic N) is 2. The number of fused-ring (bicyclic) bond motifs is 1. The largest absolute Gasteiger partial charge is 0.484 e. The van der Waals surface area contributed by atoms with E-state index >= 15 is 0 Å². The first kappa shape index (κ1) is 20.7. The van der Waals surface area contributed by atoms with Gasteiger partial charge in [-0.25, -0.2) is 4.98 Å². The van der Waals surface area contributed by atoms with Crippen molar-refractivity contribution in [2.75, 3.05) is 13.2 Å². The molecule has 3 aromatic carbocycles. The number of hydrogen-bond donors (Lipinski definition) is 1. The molecule has 0 aliphatic carbocycles. The average molecular weight is 414 g/mol. The van der Waals surface area contributed by atoms with E-state index in [1.807, 2.05) is 55.5 Å². The highest BCUT2D eigenvalue weighted by molar-refractivity contribution is 5.78. The van der Waals surface area contributed by atoms with Gasteiger partial charge in [0.25, 0.3) is 5.91 Å². The molecule has 1 N–H and O–H groups in total. The lowest BCUT2D eigenvalue weighted by molar-refractivity contribution is -0.123. The minimum atomic E-state index is -0.128. The van der Waals surface area contributed by atoms with Crippen LogP contribution in [-0.2, 0) is 24.2 Å². The lowest BCUT2D eigenvalue weighted by Gasteiger charge is -2.11. The van der Waals surface area contributed by atoms with E-state index in [0.29, 0.717) is 18.8 Å². The molecule has 158 valence electrons. The first-order chi connectivity index (χ1) is 15.2. The highest BCUT2D eigenvalue weighted by Crippen LogP contribution is 2.17. The molecule has 5 heteroatoms. The summed E-state index contributed by atoms with van der Waals surface area (Å²) in [6, 6.07) is 26.3. The fraction of sp³-hybridized carbons (Fsp3) is 0.231. The Kier molecular flexibility index (Phi) is 6.62. The van der Waals surface area contributed by atoms with Gasteiger partial charge in [0.1, 0.15) is 11.6 Å². The minimum Gasteiger partial charge on any atom is -0.484 e. The fourth-order valence-electron chi connectivity index (χ4n) is 3.68. The molecule has 0 radical (unpaired) electrons. The quantitative estimate of drug-likeness (QED) is 0.444. The first-order valence-electron chi connectivity index (χ1n) is 10.6. The Labute approximate surface area is 182 Å². The maximum Gasteiger partial charge on any atom is 0.258 e. The normalized spacial score (nSPS) is 10.9. The van der Waals surface area contributed by atoms with Crippen molar-refractivity contribution < 1.29 is 9.53 Å². The van der Waals surface area contributed by atoms with Crippen molar-refractivity contribution in [2.45, 2.75) is 26.3 Å². The summed E-state index contributed by atoms with van der Waals surface area (Å²) in [5, 5.41) is 2.96. The molecule has 1 aromatic heterocycles. The zero-order chi connectivity index (χ0) is 21.5. The number of carbonyl (C=O) groups excluding carboxylic acids is 1. The van der Waals surface area contributed by atoms with E-state index in [1.165, 1.54) is 5.56 Å². The number of amides is 1. The van der Waals surface area contributed by atoms with Crippen LogP contribution < -0.4 is 10.1 Å². The second kappa shape index (κ2) is 9.94. The summed E-state index contributed by atoms with van der Waals surface area (Å²) >= 11 is 0. The SMILES string of the molecule is Cc1cccc(OCC(=O)NCCn2c(CCc3ccccc3)nc3ccccc32)c1. The molecule has 0 saturated heterocycles. The number of para-hydroxylation sites is 2. The number of hydrogen-bond acceptors (Lipinski definition) is 3. The van der Waals surface area contributed by atoms with Crippen LogP contribution in [0.5, 0.6) is 5.75 Å². The van der Waals surface area contributed by atoms with Crippen molar-refractivity contribution in [3.63, 3.8) is 0 Å². The molecule has 0 bridgehead atoms. The molecule has 0 fully saturated rings. The van der Waals surface area contributed by atoms with Crippen LogP contribution in [0.3, 0.4) is 0 Å². The van der Waals surface area contributed by atoms with Gasteiger partial charge >= 0.3 is 0 Å². The van der Waals surface area contributed by atoms with E-state index in [0.717, 1.165) is 35.3 Å². The first-order valence-corrected chi connectivity index (χ1v) is 10.6. The van der Waals surface area contributed by atoms with Crippen molar-refractivity contribution >= 4 is 16.9 Å². The monoisotopic (exact) mass is 413 g/mol. The van der Waals surface area contributed by atoms with Crippen LogP contribution in [0.2, 0.25) is 0 Å². The maximum atomic E-state index is 12.2. The number of aromatic nitrogens is 2. The van der Waals surface area contributed by atoms with Crippen LogP contribution in [0.25, 0.3) is 11.0 Å². The maximum absolute atomic E-state index is 12.2. The number of carbonyl (C=O) groups is 1. The van der Waals surface area contributed by atoms with Crippen molar-refractivity contribution in [1.29, 1.82) is 0 Å². The summed E-state index contributed by atoms with van der Waals surface area (Å²) in [7, 11) is 0. The van der Waals surface area contributed by atoms with Crippen LogP contribution in [-0.4, -0.2) is 28.6 Å². The van der Waals surface area contributed by atoms with Crippen LogP contribution in [0, 0.1) is 6.92 Å². The highest BCUT2D eigenvalue weighted by Gasteiger charge is 2.11. The molecule has 4 rings (SSSR count). The number of aryl methyl sites for hydroxylation is 3. The smallest absolute Gasteiger partial charge is 0.258 e. The van der Waals surface area contributed by atoms with E-state index in [4.69, 9.17) is 9.72 Å². The van der Waals surface area contributed by atoms with Crippen molar-refractivity contribution in [1.82, 2.24) is 14.9 Å². The molecule has 0 spiro atoms. The van der Waals surface area contributed by atoms with Crippen molar-refractivity contribution in [3.05, 3.63) is 95.8 Å². The van der Waals surface area contributed by atoms with Gasteiger partial charge in [0, 0.05) is 19.5 Å². The fourth-order valence-corrected chi connectivity index (χ4v) is 3.68. The van der Waals surface area contributed by atoms with Gasteiger partial charge in [0.2, 0.25) is 0 Å². The predicted octanol–water partition coefficient (Wildman–Crippen LogP) is 4.33. The molecule has 0 saturated carbocycles. The van der Waals surface area contributed by atoms with Gasteiger partial charge in [-0.2, -0.15) is 0 Å². The summed E-state index contributed by atoms with van der Waals surface area (Å²) in [4.78, 5) is 17.1. The molecular formula is C26H27N3O2. The van der Waals surface area contributed by atoms with Crippen LogP contribution in [0.1, 0.15) is 17.0 Å². The number of rotatable bonds is 9. The summed E-state index contributed by atoms with van der Waals surface area (Å²) in [6.45, 7) is 3.20. The summed E-state index contributed by atoms with van der Waals surface area (Å²) in [6.07, 6.45) is 1.78. The zero-order valence-corrected chi connectivity index (χ0v) is 17.8. The Hall–Kier alpha value is -3.60. The second-order valence-electron chi connectivity index (χ2n) is 7.61. The lowest BCUT2D eigenvalue weighted by Crippen LogP contribution is -2.31. The van der Waals surface area contributed by atoms with E-state index in [9.17, 15) is 4.79 Å². The van der Waals surface area contributed by atoms with Gasteiger partial charge in [-0.15, -0.1) is 0 Å². The average Bonchev–Trinajstić information content (AvgIpc) is 3.15. The van der Waals surface area contributed by atoms with Crippen LogP contribution >= 0.6 is 0 Å². The molecule has 0 aliphatic rings. The predicted molar refractivity (Wildman–Crippen MR) is 123 cm³/mol. The third kappa shape index (κ3) is 5.51. The molecule has 1 heterocycles. The Morgan fingerprint density at radius 2 is 1.77 bits per heavy atom. The van der Waals surface area contributed by atoms with Crippen LogP contribution in [0.15, 0.2) is 78.9 Å². The van der Waals surface area contributed by atoms with Crippen LogP contribution in [0.4, 0.5) is 0 Å². The van der Waals surface area contributed by atoms with E-state index < -0.39 is 0 Å². The lowest BCUT2D eigenvalue weighted by atomic mass is 10.1. The van der Waals surface area contributed by atoms with Gasteiger partial charge in [0.05, 0.1) is 11.0 Å². The molecular weight excluding hydrogens is 386 g/mol.